The molecule has 0 radical (unpaired) electrons. The molecule has 158 valence electrons. The maximum Gasteiger partial charge on any atom is 0.163 e. The van der Waals surface area contributed by atoms with Gasteiger partial charge in [0.15, 0.2) is 11.6 Å². The van der Waals surface area contributed by atoms with Crippen LogP contribution in [0.3, 0.4) is 0 Å². The number of rotatable bonds is 5. The number of ether oxygens (including phenoxy) is 1. The van der Waals surface area contributed by atoms with E-state index in [4.69, 9.17) is 14.7 Å². The number of morpholine rings is 1. The zero-order valence-corrected chi connectivity index (χ0v) is 18.0. The molecule has 0 saturated carbocycles. The molecule has 0 aromatic carbocycles. The maximum atomic E-state index is 5.57. The highest BCUT2D eigenvalue weighted by molar-refractivity contribution is 7.19. The largest absolute Gasteiger partial charge is 0.378 e. The summed E-state index contributed by atoms with van der Waals surface area (Å²) in [5.41, 5.74) is 1.95. The van der Waals surface area contributed by atoms with Crippen molar-refractivity contribution in [2.75, 3.05) is 69.7 Å². The third-order valence-electron chi connectivity index (χ3n) is 5.58. The Morgan fingerprint density at radius 3 is 2.70 bits per heavy atom. The first-order valence-corrected chi connectivity index (χ1v) is 11.3. The molecule has 0 amide bonds. The molecular weight excluding hydrogens is 398 g/mol. The predicted octanol–water partition coefficient (Wildman–Crippen LogP) is 2.04. The van der Waals surface area contributed by atoms with Crippen LogP contribution >= 0.6 is 11.3 Å². The summed E-state index contributed by atoms with van der Waals surface area (Å²) in [5, 5.41) is 6.48. The fourth-order valence-corrected chi connectivity index (χ4v) is 5.08. The first kappa shape index (κ1) is 19.6. The average Bonchev–Trinajstić information content (AvgIpc) is 3.22. The van der Waals surface area contributed by atoms with Gasteiger partial charge in [-0.1, -0.05) is 0 Å². The van der Waals surface area contributed by atoms with Gasteiger partial charge in [0.05, 0.1) is 23.4 Å². The molecule has 0 aliphatic carbocycles. The van der Waals surface area contributed by atoms with Crippen LogP contribution in [-0.4, -0.2) is 79.4 Å². The van der Waals surface area contributed by atoms with Gasteiger partial charge in [-0.15, -0.1) is 11.3 Å². The molecule has 2 fully saturated rings. The number of nitrogens with zero attached hydrogens (tertiary/aromatic N) is 5. The first-order chi connectivity index (χ1) is 14.8. The molecule has 3 aromatic rings. The van der Waals surface area contributed by atoms with Crippen LogP contribution in [0.15, 0.2) is 24.4 Å². The standard InChI is InChI=1S/C21H27N7OS/c1-22-18-3-2-15(13-24-18)20-25-17-12-16(14-27-6-4-23-5-7-27)30-19(17)21(26-20)28-8-10-29-11-9-28/h2-3,12-13,23H,4-11,14H2,1H3,(H,22,24). The van der Waals surface area contributed by atoms with Crippen molar-refractivity contribution in [3.05, 3.63) is 29.3 Å². The maximum absolute atomic E-state index is 5.57. The molecule has 0 bridgehead atoms. The Kier molecular flexibility index (Phi) is 5.76. The normalized spacial score (nSPS) is 18.1. The van der Waals surface area contributed by atoms with Gasteiger partial charge in [0, 0.05) is 69.5 Å². The Morgan fingerprint density at radius 1 is 1.13 bits per heavy atom. The van der Waals surface area contributed by atoms with Crippen molar-refractivity contribution < 1.29 is 4.74 Å². The summed E-state index contributed by atoms with van der Waals surface area (Å²) in [4.78, 5) is 20.5. The molecule has 0 spiro atoms. The Labute approximate surface area is 180 Å². The van der Waals surface area contributed by atoms with E-state index in [2.05, 4.69) is 31.5 Å². The van der Waals surface area contributed by atoms with Gasteiger partial charge in [-0.05, 0) is 18.2 Å². The first-order valence-electron chi connectivity index (χ1n) is 10.5. The minimum absolute atomic E-state index is 0.727. The molecular formula is C21H27N7OS. The van der Waals surface area contributed by atoms with Crippen molar-refractivity contribution in [3.63, 3.8) is 0 Å². The second kappa shape index (κ2) is 8.81. The van der Waals surface area contributed by atoms with E-state index in [1.807, 2.05) is 36.7 Å². The highest BCUT2D eigenvalue weighted by Gasteiger charge is 2.21. The number of pyridine rings is 1. The van der Waals surface area contributed by atoms with Crippen molar-refractivity contribution in [3.8, 4) is 11.4 Å². The van der Waals surface area contributed by atoms with E-state index in [9.17, 15) is 0 Å². The molecule has 5 heterocycles. The third kappa shape index (κ3) is 4.11. The summed E-state index contributed by atoms with van der Waals surface area (Å²) in [6.07, 6.45) is 1.84. The number of aromatic nitrogens is 3. The van der Waals surface area contributed by atoms with Crippen molar-refractivity contribution >= 4 is 33.2 Å². The SMILES string of the molecule is CNc1ccc(-c2nc(N3CCOCC3)c3sc(CN4CCNCC4)cc3n2)cn1. The second-order valence-corrected chi connectivity index (χ2v) is 8.74. The zero-order valence-electron chi connectivity index (χ0n) is 17.2. The van der Waals surface area contributed by atoms with Crippen LogP contribution in [0.25, 0.3) is 21.6 Å². The van der Waals surface area contributed by atoms with Gasteiger partial charge >= 0.3 is 0 Å². The molecule has 2 N–H and O–H groups in total. The summed E-state index contributed by atoms with van der Waals surface area (Å²) < 4.78 is 6.74. The summed E-state index contributed by atoms with van der Waals surface area (Å²) in [6, 6.07) is 6.23. The van der Waals surface area contributed by atoms with Crippen molar-refractivity contribution in [2.24, 2.45) is 0 Å². The highest BCUT2D eigenvalue weighted by atomic mass is 32.1. The zero-order chi connectivity index (χ0) is 20.3. The van der Waals surface area contributed by atoms with E-state index in [1.54, 1.807) is 0 Å². The van der Waals surface area contributed by atoms with Crippen molar-refractivity contribution in [1.82, 2.24) is 25.2 Å². The lowest BCUT2D eigenvalue weighted by Gasteiger charge is -2.28. The predicted molar refractivity (Wildman–Crippen MR) is 121 cm³/mol. The van der Waals surface area contributed by atoms with Gasteiger partial charge in [0.25, 0.3) is 0 Å². The monoisotopic (exact) mass is 425 g/mol. The minimum Gasteiger partial charge on any atom is -0.378 e. The van der Waals surface area contributed by atoms with E-state index < -0.39 is 0 Å². The van der Waals surface area contributed by atoms with Gasteiger partial charge in [0.2, 0.25) is 0 Å². The van der Waals surface area contributed by atoms with E-state index in [0.717, 1.165) is 87.6 Å². The quantitative estimate of drug-likeness (QED) is 0.643. The van der Waals surface area contributed by atoms with Crippen LogP contribution < -0.4 is 15.5 Å². The van der Waals surface area contributed by atoms with E-state index >= 15 is 0 Å². The van der Waals surface area contributed by atoms with Crippen LogP contribution in [0.2, 0.25) is 0 Å². The molecule has 5 rings (SSSR count). The third-order valence-corrected chi connectivity index (χ3v) is 6.69. The van der Waals surface area contributed by atoms with Crippen molar-refractivity contribution in [1.29, 1.82) is 0 Å². The number of thiophene rings is 1. The summed E-state index contributed by atoms with van der Waals surface area (Å²) >= 11 is 1.83. The highest BCUT2D eigenvalue weighted by Crippen LogP contribution is 2.35. The van der Waals surface area contributed by atoms with E-state index in [0.29, 0.717) is 0 Å². The lowest BCUT2D eigenvalue weighted by molar-refractivity contribution is 0.122. The minimum atomic E-state index is 0.727. The molecule has 3 aromatic heterocycles. The Balaban J connectivity index is 1.53. The average molecular weight is 426 g/mol. The molecule has 2 saturated heterocycles. The molecule has 30 heavy (non-hydrogen) atoms. The summed E-state index contributed by atoms with van der Waals surface area (Å²) in [6.45, 7) is 8.44. The van der Waals surface area contributed by atoms with Gasteiger partial charge in [-0.25, -0.2) is 15.0 Å². The van der Waals surface area contributed by atoms with E-state index in [-0.39, 0.29) is 0 Å². The fourth-order valence-electron chi connectivity index (χ4n) is 3.92. The second-order valence-electron chi connectivity index (χ2n) is 7.61. The Morgan fingerprint density at radius 2 is 1.97 bits per heavy atom. The fraction of sp³-hybridized carbons (Fsp3) is 0.476. The number of hydrogen-bond donors (Lipinski definition) is 2. The topological polar surface area (TPSA) is 78.4 Å². The Hall–Kier alpha value is -2.33. The van der Waals surface area contributed by atoms with Gasteiger partial charge in [0.1, 0.15) is 5.82 Å². The van der Waals surface area contributed by atoms with Crippen LogP contribution in [0.4, 0.5) is 11.6 Å². The molecule has 2 aliphatic rings. The van der Waals surface area contributed by atoms with Gasteiger partial charge < -0.3 is 20.3 Å². The lowest BCUT2D eigenvalue weighted by atomic mass is 10.2. The van der Waals surface area contributed by atoms with Gasteiger partial charge in [-0.2, -0.15) is 0 Å². The van der Waals surface area contributed by atoms with Crippen LogP contribution in [0.1, 0.15) is 4.88 Å². The molecule has 8 nitrogen and oxygen atoms in total. The number of fused-ring (bicyclic) bond motifs is 1. The molecule has 9 heteroatoms. The number of hydrogen-bond acceptors (Lipinski definition) is 9. The number of anilines is 2. The van der Waals surface area contributed by atoms with E-state index in [1.165, 1.54) is 9.58 Å². The molecule has 2 aliphatic heterocycles. The summed E-state index contributed by atoms with van der Waals surface area (Å²) in [5.74, 6) is 2.58. The summed E-state index contributed by atoms with van der Waals surface area (Å²) in [7, 11) is 1.87. The van der Waals surface area contributed by atoms with Crippen LogP contribution in [-0.2, 0) is 11.3 Å². The lowest BCUT2D eigenvalue weighted by Crippen LogP contribution is -2.42. The van der Waals surface area contributed by atoms with Gasteiger partial charge in [-0.3, -0.25) is 4.90 Å². The Bertz CT molecular complexity index is 995. The number of piperazine rings is 1. The van der Waals surface area contributed by atoms with Crippen LogP contribution in [0.5, 0.6) is 0 Å². The van der Waals surface area contributed by atoms with Crippen LogP contribution in [0, 0.1) is 0 Å². The van der Waals surface area contributed by atoms with Crippen molar-refractivity contribution in [2.45, 2.75) is 6.54 Å². The molecule has 0 atom stereocenters. The number of nitrogens with one attached hydrogen (secondary N) is 2. The molecule has 0 unspecified atom stereocenters. The smallest absolute Gasteiger partial charge is 0.163 e.